The molecule has 2 amide bonds. The third-order valence-electron chi connectivity index (χ3n) is 5.48. The van der Waals surface area contributed by atoms with Crippen LogP contribution in [0.25, 0.3) is 11.1 Å². The average Bonchev–Trinajstić information content (AvgIpc) is 3.19. The third kappa shape index (κ3) is 4.27. The molecule has 1 aromatic heterocycles. The van der Waals surface area contributed by atoms with E-state index in [1.807, 2.05) is 18.2 Å². The van der Waals surface area contributed by atoms with Gasteiger partial charge >= 0.3 is 0 Å². The van der Waals surface area contributed by atoms with E-state index in [4.69, 9.17) is 4.42 Å². The first-order valence-electron chi connectivity index (χ1n) is 10.0. The number of piperidine rings is 1. The van der Waals surface area contributed by atoms with Gasteiger partial charge in [-0.2, -0.15) is 0 Å². The van der Waals surface area contributed by atoms with Gasteiger partial charge in [0.25, 0.3) is 5.91 Å². The van der Waals surface area contributed by atoms with E-state index in [0.717, 1.165) is 24.0 Å². The number of anilines is 1. The largest absolute Gasteiger partial charge is 0.469 e. The Bertz CT molecular complexity index is 1060. The second-order valence-corrected chi connectivity index (χ2v) is 7.56. The molecule has 0 aliphatic carbocycles. The fourth-order valence-corrected chi connectivity index (χ4v) is 3.81. The summed E-state index contributed by atoms with van der Waals surface area (Å²) in [6.07, 6.45) is 3.02. The molecule has 1 aliphatic heterocycles. The summed E-state index contributed by atoms with van der Waals surface area (Å²) >= 11 is 0. The summed E-state index contributed by atoms with van der Waals surface area (Å²) in [4.78, 5) is 27.2. The van der Waals surface area contributed by atoms with Crippen LogP contribution in [0.1, 0.15) is 29.0 Å². The minimum absolute atomic E-state index is 0.0989. The normalized spacial score (nSPS) is 16.3. The van der Waals surface area contributed by atoms with E-state index >= 15 is 0 Å². The highest BCUT2D eigenvalue weighted by molar-refractivity contribution is 5.97. The minimum atomic E-state index is -0.285. The summed E-state index contributed by atoms with van der Waals surface area (Å²) in [7, 11) is 0. The van der Waals surface area contributed by atoms with Crippen LogP contribution in [0.4, 0.5) is 10.1 Å². The van der Waals surface area contributed by atoms with E-state index in [1.54, 1.807) is 36.1 Å². The summed E-state index contributed by atoms with van der Waals surface area (Å²) in [6, 6.07) is 15.4. The monoisotopic (exact) mass is 406 g/mol. The summed E-state index contributed by atoms with van der Waals surface area (Å²) < 4.78 is 18.7. The molecule has 0 bridgehead atoms. The molecule has 0 radical (unpaired) electrons. The molecule has 1 saturated heterocycles. The fraction of sp³-hybridized carbons (Fsp3) is 0.250. The van der Waals surface area contributed by atoms with Gasteiger partial charge in [0.1, 0.15) is 11.6 Å². The van der Waals surface area contributed by atoms with E-state index < -0.39 is 0 Å². The van der Waals surface area contributed by atoms with Crippen LogP contribution in [-0.2, 0) is 4.79 Å². The molecule has 1 N–H and O–H groups in total. The summed E-state index contributed by atoms with van der Waals surface area (Å²) in [5.74, 6) is -0.164. The van der Waals surface area contributed by atoms with Gasteiger partial charge in [0.2, 0.25) is 5.91 Å². The number of amides is 2. The van der Waals surface area contributed by atoms with Crippen LogP contribution in [0, 0.1) is 18.7 Å². The predicted molar refractivity (Wildman–Crippen MR) is 113 cm³/mol. The second-order valence-electron chi connectivity index (χ2n) is 7.56. The molecule has 30 heavy (non-hydrogen) atoms. The molecular formula is C24H23FN2O3. The summed E-state index contributed by atoms with van der Waals surface area (Å²) in [5.41, 5.74) is 2.87. The van der Waals surface area contributed by atoms with Gasteiger partial charge < -0.3 is 14.6 Å². The summed E-state index contributed by atoms with van der Waals surface area (Å²) in [6.45, 7) is 2.78. The number of nitrogens with zero attached hydrogens (tertiary/aromatic N) is 1. The Morgan fingerprint density at radius 2 is 1.90 bits per heavy atom. The zero-order chi connectivity index (χ0) is 21.1. The van der Waals surface area contributed by atoms with Crippen molar-refractivity contribution in [1.82, 2.24) is 4.90 Å². The Morgan fingerprint density at radius 3 is 2.60 bits per heavy atom. The molecule has 1 fully saturated rings. The van der Waals surface area contributed by atoms with Gasteiger partial charge in [-0.1, -0.05) is 24.3 Å². The quantitative estimate of drug-likeness (QED) is 0.671. The Balaban J connectivity index is 1.40. The molecule has 0 unspecified atom stereocenters. The van der Waals surface area contributed by atoms with Gasteiger partial charge in [-0.25, -0.2) is 4.39 Å². The van der Waals surface area contributed by atoms with Crippen molar-refractivity contribution in [3.05, 3.63) is 78.0 Å². The standard InChI is InChI=1S/C24H23FN2O3/c1-16-22(11-13-30-16)24(29)27-12-3-5-19(15-27)23(28)26-21-9-7-17(8-10-21)18-4-2-6-20(25)14-18/h2,4,6-11,13-14,19H,3,5,12,15H2,1H3,(H,26,28)/t19-/m1/s1. The molecule has 1 aliphatic rings. The number of likely N-dealkylation sites (tertiary alicyclic amines) is 1. The number of hydrogen-bond donors (Lipinski definition) is 1. The van der Waals surface area contributed by atoms with E-state index in [1.165, 1.54) is 18.4 Å². The van der Waals surface area contributed by atoms with Crippen molar-refractivity contribution in [3.8, 4) is 11.1 Å². The molecule has 1 atom stereocenters. The molecule has 0 spiro atoms. The first-order chi connectivity index (χ1) is 14.5. The lowest BCUT2D eigenvalue weighted by atomic mass is 9.96. The number of aryl methyl sites for hydroxylation is 1. The maximum absolute atomic E-state index is 13.4. The molecule has 5 nitrogen and oxygen atoms in total. The molecule has 2 aromatic carbocycles. The van der Waals surface area contributed by atoms with Crippen molar-refractivity contribution >= 4 is 17.5 Å². The highest BCUT2D eigenvalue weighted by atomic mass is 19.1. The lowest BCUT2D eigenvalue weighted by Gasteiger charge is -2.32. The molecule has 4 rings (SSSR count). The van der Waals surface area contributed by atoms with Crippen LogP contribution in [-0.4, -0.2) is 29.8 Å². The minimum Gasteiger partial charge on any atom is -0.469 e. The number of furan rings is 1. The number of carbonyl (C=O) groups excluding carboxylic acids is 2. The van der Waals surface area contributed by atoms with E-state index in [0.29, 0.717) is 30.1 Å². The molecule has 154 valence electrons. The van der Waals surface area contributed by atoms with Gasteiger partial charge in [0.05, 0.1) is 17.7 Å². The molecule has 6 heteroatoms. The van der Waals surface area contributed by atoms with E-state index in [9.17, 15) is 14.0 Å². The topological polar surface area (TPSA) is 62.6 Å². The lowest BCUT2D eigenvalue weighted by molar-refractivity contribution is -0.121. The Hall–Kier alpha value is -3.41. The second kappa shape index (κ2) is 8.53. The van der Waals surface area contributed by atoms with Crippen LogP contribution >= 0.6 is 0 Å². The zero-order valence-electron chi connectivity index (χ0n) is 16.7. The number of hydrogen-bond acceptors (Lipinski definition) is 3. The van der Waals surface area contributed by atoms with Crippen LogP contribution < -0.4 is 5.32 Å². The van der Waals surface area contributed by atoms with Crippen molar-refractivity contribution in [3.63, 3.8) is 0 Å². The van der Waals surface area contributed by atoms with E-state index in [2.05, 4.69) is 5.32 Å². The van der Waals surface area contributed by atoms with Crippen molar-refractivity contribution in [2.24, 2.45) is 5.92 Å². The maximum atomic E-state index is 13.4. The molecule has 2 heterocycles. The van der Waals surface area contributed by atoms with Crippen molar-refractivity contribution in [2.45, 2.75) is 19.8 Å². The van der Waals surface area contributed by atoms with Crippen molar-refractivity contribution in [2.75, 3.05) is 18.4 Å². The Kier molecular flexibility index (Phi) is 5.65. The number of halogens is 1. The Labute approximate surface area is 174 Å². The average molecular weight is 406 g/mol. The van der Waals surface area contributed by atoms with Crippen molar-refractivity contribution < 1.29 is 18.4 Å². The maximum Gasteiger partial charge on any atom is 0.257 e. The number of rotatable bonds is 4. The fourth-order valence-electron chi connectivity index (χ4n) is 3.81. The number of carbonyl (C=O) groups is 2. The SMILES string of the molecule is Cc1occc1C(=O)N1CCC[C@@H](C(=O)Nc2ccc(-c3cccc(F)c3)cc2)C1. The van der Waals surface area contributed by atoms with Crippen LogP contribution in [0.15, 0.2) is 65.3 Å². The van der Waals surface area contributed by atoms with Gasteiger partial charge in [0, 0.05) is 18.8 Å². The molecule has 0 saturated carbocycles. The molecule has 3 aromatic rings. The number of nitrogens with one attached hydrogen (secondary N) is 1. The molecular weight excluding hydrogens is 383 g/mol. The number of benzene rings is 2. The highest BCUT2D eigenvalue weighted by Gasteiger charge is 2.30. The smallest absolute Gasteiger partial charge is 0.257 e. The Morgan fingerprint density at radius 1 is 1.10 bits per heavy atom. The van der Waals surface area contributed by atoms with E-state index in [-0.39, 0.29) is 23.5 Å². The first-order valence-corrected chi connectivity index (χ1v) is 10.0. The highest BCUT2D eigenvalue weighted by Crippen LogP contribution is 2.24. The van der Waals surface area contributed by atoms with Gasteiger partial charge in [-0.15, -0.1) is 0 Å². The zero-order valence-corrected chi connectivity index (χ0v) is 16.7. The lowest BCUT2D eigenvalue weighted by Crippen LogP contribution is -2.43. The van der Waals surface area contributed by atoms with Gasteiger partial charge in [-0.05, 0) is 61.2 Å². The predicted octanol–water partition coefficient (Wildman–Crippen LogP) is 4.89. The first kappa shape index (κ1) is 19.9. The summed E-state index contributed by atoms with van der Waals surface area (Å²) in [5, 5.41) is 2.94. The van der Waals surface area contributed by atoms with Crippen LogP contribution in [0.5, 0.6) is 0 Å². The third-order valence-corrected chi connectivity index (χ3v) is 5.48. The van der Waals surface area contributed by atoms with Crippen LogP contribution in [0.3, 0.4) is 0 Å². The van der Waals surface area contributed by atoms with Gasteiger partial charge in [0.15, 0.2) is 0 Å². The van der Waals surface area contributed by atoms with Gasteiger partial charge in [-0.3, -0.25) is 9.59 Å². The van der Waals surface area contributed by atoms with Crippen LogP contribution in [0.2, 0.25) is 0 Å². The van der Waals surface area contributed by atoms with Crippen molar-refractivity contribution in [1.29, 1.82) is 0 Å².